The van der Waals surface area contributed by atoms with Crippen LogP contribution in [0.15, 0.2) is 30.6 Å². The van der Waals surface area contributed by atoms with Crippen LogP contribution in [0, 0.1) is 6.92 Å². The summed E-state index contributed by atoms with van der Waals surface area (Å²) in [6, 6.07) is 6.24. The smallest absolute Gasteiger partial charge is 0.412 e. The van der Waals surface area contributed by atoms with Gasteiger partial charge in [-0.3, -0.25) is 14.7 Å². The zero-order chi connectivity index (χ0) is 27.1. The predicted octanol–water partition coefficient (Wildman–Crippen LogP) is 5.71. The number of amides is 1. The second-order valence-electron chi connectivity index (χ2n) is 10.1. The summed E-state index contributed by atoms with van der Waals surface area (Å²) in [6.45, 7) is 7.59. The maximum atomic E-state index is 12.4. The SMILES string of the molecule is CCCC(C)OC(=O)Nc1ccc(-c2nc(C3CCC(NCCOC)CC3)n3ccnc(C)c23)cc1OC. The Balaban J connectivity index is 1.58. The molecule has 2 heterocycles. The first-order chi connectivity index (χ1) is 18.4. The maximum absolute atomic E-state index is 12.4. The van der Waals surface area contributed by atoms with Crippen LogP contribution in [0.25, 0.3) is 16.8 Å². The van der Waals surface area contributed by atoms with E-state index in [0.717, 1.165) is 80.0 Å². The Morgan fingerprint density at radius 3 is 2.71 bits per heavy atom. The van der Waals surface area contributed by atoms with Gasteiger partial charge in [-0.05, 0) is 58.1 Å². The van der Waals surface area contributed by atoms with E-state index < -0.39 is 6.09 Å². The predicted molar refractivity (Wildman–Crippen MR) is 149 cm³/mol. The zero-order valence-corrected chi connectivity index (χ0v) is 23.3. The second-order valence-corrected chi connectivity index (χ2v) is 10.1. The fraction of sp³-hybridized carbons (Fsp3) is 0.552. The lowest BCUT2D eigenvalue weighted by Gasteiger charge is -2.28. The van der Waals surface area contributed by atoms with Crippen molar-refractivity contribution < 1.29 is 19.0 Å². The van der Waals surface area contributed by atoms with E-state index in [1.54, 1.807) is 14.2 Å². The van der Waals surface area contributed by atoms with Crippen molar-refractivity contribution in [1.29, 1.82) is 0 Å². The number of hydrogen-bond acceptors (Lipinski definition) is 7. The number of nitrogens with one attached hydrogen (secondary N) is 2. The largest absolute Gasteiger partial charge is 0.495 e. The minimum absolute atomic E-state index is 0.146. The normalized spacial score (nSPS) is 18.3. The molecule has 38 heavy (non-hydrogen) atoms. The number of carbonyl (C=O) groups is 1. The molecule has 9 heteroatoms. The van der Waals surface area contributed by atoms with E-state index in [9.17, 15) is 4.79 Å². The van der Waals surface area contributed by atoms with Gasteiger partial charge in [0.05, 0.1) is 36.3 Å². The summed E-state index contributed by atoms with van der Waals surface area (Å²) in [7, 11) is 3.33. The molecule has 206 valence electrons. The van der Waals surface area contributed by atoms with E-state index in [1.807, 2.05) is 44.4 Å². The van der Waals surface area contributed by atoms with Crippen LogP contribution in [0.5, 0.6) is 5.75 Å². The summed E-state index contributed by atoms with van der Waals surface area (Å²) >= 11 is 0. The van der Waals surface area contributed by atoms with Crippen LogP contribution in [-0.4, -0.2) is 60.0 Å². The Bertz CT molecular complexity index is 1220. The molecule has 1 saturated carbocycles. The molecule has 1 amide bonds. The summed E-state index contributed by atoms with van der Waals surface area (Å²) in [5.41, 5.74) is 4.26. The lowest BCUT2D eigenvalue weighted by atomic mass is 9.85. The van der Waals surface area contributed by atoms with Gasteiger partial charge in [0, 0.05) is 43.6 Å². The first-order valence-corrected chi connectivity index (χ1v) is 13.7. The van der Waals surface area contributed by atoms with Crippen molar-refractivity contribution in [2.45, 2.75) is 77.4 Å². The third kappa shape index (κ3) is 6.45. The Hall–Kier alpha value is -3.17. The van der Waals surface area contributed by atoms with Crippen LogP contribution >= 0.6 is 0 Å². The zero-order valence-electron chi connectivity index (χ0n) is 23.3. The molecule has 0 bridgehead atoms. The Morgan fingerprint density at radius 1 is 1.21 bits per heavy atom. The van der Waals surface area contributed by atoms with Gasteiger partial charge in [-0.25, -0.2) is 9.78 Å². The van der Waals surface area contributed by atoms with Gasteiger partial charge in [0.1, 0.15) is 17.7 Å². The summed E-state index contributed by atoms with van der Waals surface area (Å²) in [5, 5.41) is 6.42. The number of aromatic nitrogens is 3. The number of aryl methyl sites for hydroxylation is 1. The van der Waals surface area contributed by atoms with Gasteiger partial charge in [0.25, 0.3) is 0 Å². The summed E-state index contributed by atoms with van der Waals surface area (Å²) in [4.78, 5) is 22.1. The van der Waals surface area contributed by atoms with Crippen LogP contribution in [0.1, 0.15) is 69.8 Å². The van der Waals surface area contributed by atoms with Crippen molar-refractivity contribution in [2.75, 3.05) is 32.7 Å². The summed E-state index contributed by atoms with van der Waals surface area (Å²) in [6.07, 6.45) is 9.38. The molecule has 1 aromatic carbocycles. The quantitative estimate of drug-likeness (QED) is 0.311. The van der Waals surface area contributed by atoms with E-state index in [-0.39, 0.29) is 6.10 Å². The molecule has 0 spiro atoms. The van der Waals surface area contributed by atoms with E-state index >= 15 is 0 Å². The highest BCUT2D eigenvalue weighted by Gasteiger charge is 2.27. The number of rotatable bonds is 11. The van der Waals surface area contributed by atoms with Gasteiger partial charge in [-0.15, -0.1) is 0 Å². The number of imidazole rings is 1. The molecular weight excluding hydrogens is 482 g/mol. The molecule has 9 nitrogen and oxygen atoms in total. The molecule has 1 aliphatic rings. The first kappa shape index (κ1) is 27.9. The van der Waals surface area contributed by atoms with E-state index in [4.69, 9.17) is 19.2 Å². The highest BCUT2D eigenvalue weighted by atomic mass is 16.6. The average Bonchev–Trinajstić information content (AvgIpc) is 3.30. The number of ether oxygens (including phenoxy) is 3. The minimum Gasteiger partial charge on any atom is -0.495 e. The summed E-state index contributed by atoms with van der Waals surface area (Å²) in [5.74, 6) is 2.00. The number of nitrogens with zero attached hydrogens (tertiary/aromatic N) is 3. The molecule has 2 aromatic heterocycles. The fourth-order valence-corrected chi connectivity index (χ4v) is 5.36. The van der Waals surface area contributed by atoms with Gasteiger partial charge in [0.2, 0.25) is 0 Å². The highest BCUT2D eigenvalue weighted by molar-refractivity contribution is 5.89. The lowest BCUT2D eigenvalue weighted by molar-refractivity contribution is 0.115. The van der Waals surface area contributed by atoms with E-state index in [0.29, 0.717) is 23.4 Å². The molecule has 3 aromatic rings. The minimum atomic E-state index is -0.487. The highest BCUT2D eigenvalue weighted by Crippen LogP contribution is 2.38. The van der Waals surface area contributed by atoms with Crippen LogP contribution < -0.4 is 15.4 Å². The average molecular weight is 524 g/mol. The number of carbonyl (C=O) groups excluding carboxylic acids is 1. The van der Waals surface area contributed by atoms with Crippen molar-refractivity contribution in [3.8, 4) is 17.0 Å². The van der Waals surface area contributed by atoms with Gasteiger partial charge >= 0.3 is 6.09 Å². The van der Waals surface area contributed by atoms with Crippen molar-refractivity contribution in [2.24, 2.45) is 0 Å². The Morgan fingerprint density at radius 2 is 2.00 bits per heavy atom. The number of anilines is 1. The molecule has 4 rings (SSSR count). The van der Waals surface area contributed by atoms with Gasteiger partial charge in [-0.1, -0.05) is 19.4 Å². The van der Waals surface area contributed by atoms with Crippen LogP contribution in [0.3, 0.4) is 0 Å². The van der Waals surface area contributed by atoms with Crippen LogP contribution in [0.2, 0.25) is 0 Å². The number of methoxy groups -OCH3 is 2. The first-order valence-electron chi connectivity index (χ1n) is 13.7. The molecule has 1 fully saturated rings. The molecule has 0 aliphatic heterocycles. The number of fused-ring (bicyclic) bond motifs is 1. The lowest BCUT2D eigenvalue weighted by Crippen LogP contribution is -2.35. The fourth-order valence-electron chi connectivity index (χ4n) is 5.36. The number of benzene rings is 1. The van der Waals surface area contributed by atoms with Gasteiger partial charge in [-0.2, -0.15) is 0 Å². The standard InChI is InChI=1S/C29H41N5O4/c1-6-7-19(2)38-29(35)32-24-13-10-22(18-25(24)37-5)26-27-20(3)30-14-16-34(27)28(33-26)21-8-11-23(12-9-21)31-15-17-36-4/h10,13-14,16,18-19,21,23,31H,6-9,11-12,15,17H2,1-5H3,(H,32,35). The molecule has 0 saturated heterocycles. The Labute approximate surface area is 225 Å². The third-order valence-corrected chi connectivity index (χ3v) is 7.31. The van der Waals surface area contributed by atoms with Crippen LogP contribution in [-0.2, 0) is 9.47 Å². The van der Waals surface area contributed by atoms with Gasteiger partial charge < -0.3 is 19.5 Å². The van der Waals surface area contributed by atoms with Gasteiger partial charge in [0.15, 0.2) is 0 Å². The monoisotopic (exact) mass is 523 g/mol. The molecule has 2 N–H and O–H groups in total. The van der Waals surface area contributed by atoms with Crippen molar-refractivity contribution in [3.05, 3.63) is 42.1 Å². The number of hydrogen-bond donors (Lipinski definition) is 2. The summed E-state index contributed by atoms with van der Waals surface area (Å²) < 4.78 is 18.5. The van der Waals surface area contributed by atoms with Crippen LogP contribution in [0.4, 0.5) is 10.5 Å². The molecule has 1 unspecified atom stereocenters. The van der Waals surface area contributed by atoms with E-state index in [2.05, 4.69) is 26.9 Å². The molecular formula is C29H41N5O4. The second kappa shape index (κ2) is 13.1. The molecule has 0 radical (unpaired) electrons. The van der Waals surface area contributed by atoms with Crippen molar-refractivity contribution >= 4 is 17.3 Å². The molecule has 1 atom stereocenters. The van der Waals surface area contributed by atoms with E-state index in [1.165, 1.54) is 0 Å². The topological polar surface area (TPSA) is 99.0 Å². The molecule has 1 aliphatic carbocycles. The third-order valence-electron chi connectivity index (χ3n) is 7.31. The van der Waals surface area contributed by atoms with Crippen molar-refractivity contribution in [3.63, 3.8) is 0 Å². The Kier molecular flexibility index (Phi) is 9.58. The maximum Gasteiger partial charge on any atom is 0.412 e. The van der Waals surface area contributed by atoms with Crippen molar-refractivity contribution in [1.82, 2.24) is 19.7 Å².